The molecule has 0 atom stereocenters. The summed E-state index contributed by atoms with van der Waals surface area (Å²) in [7, 11) is 1.77. The van der Waals surface area contributed by atoms with Crippen molar-refractivity contribution in [2.45, 2.75) is 24.9 Å². The Balaban J connectivity index is 2.15. The monoisotopic (exact) mass is 253 g/mol. The van der Waals surface area contributed by atoms with Gasteiger partial charge in [0.25, 0.3) is 5.89 Å². The second kappa shape index (κ2) is 4.79. The zero-order valence-electron chi connectivity index (χ0n) is 10.0. The largest absolute Gasteiger partial charge is 0.383 e. The van der Waals surface area contributed by atoms with Crippen molar-refractivity contribution < 1.29 is 4.52 Å². The highest BCUT2D eigenvalue weighted by molar-refractivity contribution is 7.99. The van der Waals surface area contributed by atoms with Gasteiger partial charge in [0.05, 0.1) is 11.9 Å². The second-order valence-corrected chi connectivity index (χ2v) is 5.51. The molecule has 2 aromatic rings. The average Bonchev–Trinajstić information content (AvgIpc) is 2.85. The number of hydrogen-bond acceptors (Lipinski definition) is 6. The number of nitrogen functional groups attached to an aromatic ring is 1. The minimum Gasteiger partial charge on any atom is -0.383 e. The van der Waals surface area contributed by atoms with Crippen LogP contribution in [-0.2, 0) is 12.8 Å². The standard InChI is InChI=1S/C10H15N5OS/c1-6(2)17-5-8-13-10(16-14-8)7-4-12-15(3)9(7)11/h4,6H,5,11H2,1-3H3. The van der Waals surface area contributed by atoms with Crippen molar-refractivity contribution in [1.82, 2.24) is 19.9 Å². The van der Waals surface area contributed by atoms with Crippen LogP contribution in [0, 0.1) is 0 Å². The Morgan fingerprint density at radius 1 is 1.53 bits per heavy atom. The molecule has 0 amide bonds. The van der Waals surface area contributed by atoms with Gasteiger partial charge in [0.15, 0.2) is 5.82 Å². The van der Waals surface area contributed by atoms with Crippen LogP contribution in [0.1, 0.15) is 19.7 Å². The third-order valence-corrected chi connectivity index (χ3v) is 3.32. The summed E-state index contributed by atoms with van der Waals surface area (Å²) in [6.45, 7) is 4.26. The maximum atomic E-state index is 5.83. The van der Waals surface area contributed by atoms with E-state index in [-0.39, 0.29) is 0 Å². The van der Waals surface area contributed by atoms with Gasteiger partial charge in [-0.05, 0) is 5.25 Å². The second-order valence-electron chi connectivity index (χ2n) is 3.94. The SMILES string of the molecule is CC(C)SCc1noc(-c2cnn(C)c2N)n1. The lowest BCUT2D eigenvalue weighted by Gasteiger charge is -1.99. The fourth-order valence-corrected chi connectivity index (χ4v) is 1.87. The van der Waals surface area contributed by atoms with E-state index in [4.69, 9.17) is 10.3 Å². The molecule has 0 aliphatic carbocycles. The molecule has 2 heterocycles. The number of anilines is 1. The first-order valence-electron chi connectivity index (χ1n) is 5.30. The number of hydrogen-bond donors (Lipinski definition) is 1. The number of rotatable bonds is 4. The van der Waals surface area contributed by atoms with Gasteiger partial charge in [0.1, 0.15) is 11.4 Å². The van der Waals surface area contributed by atoms with Crippen molar-refractivity contribution in [3.05, 3.63) is 12.0 Å². The molecule has 0 saturated carbocycles. The molecule has 2 rings (SSSR count). The van der Waals surface area contributed by atoms with E-state index in [1.165, 1.54) is 0 Å². The number of aryl methyl sites for hydroxylation is 1. The minimum atomic E-state index is 0.426. The number of aromatic nitrogens is 4. The molecular weight excluding hydrogens is 238 g/mol. The predicted octanol–water partition coefficient (Wildman–Crippen LogP) is 1.69. The van der Waals surface area contributed by atoms with Gasteiger partial charge in [-0.3, -0.25) is 4.68 Å². The first-order valence-corrected chi connectivity index (χ1v) is 6.35. The van der Waals surface area contributed by atoms with Crippen LogP contribution in [0.4, 0.5) is 5.82 Å². The van der Waals surface area contributed by atoms with Crippen LogP contribution in [0.2, 0.25) is 0 Å². The van der Waals surface area contributed by atoms with Crippen molar-refractivity contribution in [3.63, 3.8) is 0 Å². The maximum absolute atomic E-state index is 5.83. The van der Waals surface area contributed by atoms with Crippen molar-refractivity contribution in [2.24, 2.45) is 7.05 Å². The lowest BCUT2D eigenvalue weighted by molar-refractivity contribution is 0.425. The Kier molecular flexibility index (Phi) is 3.37. The molecule has 0 radical (unpaired) electrons. The van der Waals surface area contributed by atoms with Crippen molar-refractivity contribution in [2.75, 3.05) is 5.73 Å². The van der Waals surface area contributed by atoms with E-state index in [1.807, 2.05) is 0 Å². The van der Waals surface area contributed by atoms with Gasteiger partial charge in [-0.2, -0.15) is 21.8 Å². The summed E-state index contributed by atoms with van der Waals surface area (Å²) in [5.74, 6) is 2.37. The van der Waals surface area contributed by atoms with Crippen molar-refractivity contribution >= 4 is 17.6 Å². The van der Waals surface area contributed by atoms with Gasteiger partial charge in [-0.15, -0.1) is 0 Å². The van der Waals surface area contributed by atoms with Crippen LogP contribution in [0.5, 0.6) is 0 Å². The predicted molar refractivity (Wildman–Crippen MR) is 67.3 cm³/mol. The molecule has 0 aliphatic rings. The van der Waals surface area contributed by atoms with Gasteiger partial charge in [0.2, 0.25) is 0 Å². The van der Waals surface area contributed by atoms with E-state index in [0.717, 1.165) is 5.75 Å². The van der Waals surface area contributed by atoms with E-state index in [9.17, 15) is 0 Å². The van der Waals surface area contributed by atoms with Crippen molar-refractivity contribution in [1.29, 1.82) is 0 Å². The normalized spacial score (nSPS) is 11.3. The molecule has 0 fully saturated rings. The van der Waals surface area contributed by atoms with Gasteiger partial charge >= 0.3 is 0 Å². The fourth-order valence-electron chi connectivity index (χ4n) is 1.27. The molecule has 2 N–H and O–H groups in total. The van der Waals surface area contributed by atoms with Crippen LogP contribution >= 0.6 is 11.8 Å². The van der Waals surface area contributed by atoms with Crippen LogP contribution in [0.3, 0.4) is 0 Å². The average molecular weight is 253 g/mol. The van der Waals surface area contributed by atoms with Gasteiger partial charge in [-0.25, -0.2) is 0 Å². The lowest BCUT2D eigenvalue weighted by atomic mass is 10.3. The summed E-state index contributed by atoms with van der Waals surface area (Å²) in [5, 5.41) is 8.49. The third-order valence-electron chi connectivity index (χ3n) is 2.23. The van der Waals surface area contributed by atoms with Crippen LogP contribution < -0.4 is 5.73 Å². The maximum Gasteiger partial charge on any atom is 0.263 e. The summed E-state index contributed by atoms with van der Waals surface area (Å²) in [4.78, 5) is 4.29. The molecule has 0 bridgehead atoms. The summed E-state index contributed by atoms with van der Waals surface area (Å²) < 4.78 is 6.74. The minimum absolute atomic E-state index is 0.426. The Morgan fingerprint density at radius 2 is 2.29 bits per heavy atom. The van der Waals surface area contributed by atoms with Crippen molar-refractivity contribution in [3.8, 4) is 11.5 Å². The molecule has 6 nitrogen and oxygen atoms in total. The summed E-state index contributed by atoms with van der Waals surface area (Å²) in [6, 6.07) is 0. The van der Waals surface area contributed by atoms with Gasteiger partial charge in [-0.1, -0.05) is 19.0 Å². The molecule has 2 aromatic heterocycles. The topological polar surface area (TPSA) is 82.8 Å². The van der Waals surface area contributed by atoms with Gasteiger partial charge < -0.3 is 10.3 Å². The van der Waals surface area contributed by atoms with E-state index in [2.05, 4.69) is 29.1 Å². The highest BCUT2D eigenvalue weighted by Crippen LogP contribution is 2.24. The van der Waals surface area contributed by atoms with Gasteiger partial charge in [0, 0.05) is 7.05 Å². The lowest BCUT2D eigenvalue weighted by Crippen LogP contribution is -1.98. The summed E-state index contributed by atoms with van der Waals surface area (Å²) >= 11 is 1.77. The number of thioether (sulfide) groups is 1. The Labute approximate surface area is 104 Å². The highest BCUT2D eigenvalue weighted by atomic mass is 32.2. The number of nitrogens with two attached hydrogens (primary N) is 1. The zero-order chi connectivity index (χ0) is 12.4. The van der Waals surface area contributed by atoms with E-state index < -0.39 is 0 Å². The fraction of sp³-hybridized carbons (Fsp3) is 0.500. The third kappa shape index (κ3) is 2.60. The quantitative estimate of drug-likeness (QED) is 0.892. The smallest absolute Gasteiger partial charge is 0.263 e. The van der Waals surface area contributed by atoms with E-state index in [1.54, 1.807) is 29.7 Å². The molecular formula is C10H15N5OS. The van der Waals surface area contributed by atoms with Crippen LogP contribution in [0.15, 0.2) is 10.7 Å². The Bertz CT molecular complexity index is 505. The molecule has 0 saturated heterocycles. The molecule has 0 aromatic carbocycles. The van der Waals surface area contributed by atoms with E-state index >= 15 is 0 Å². The molecule has 7 heteroatoms. The molecule has 0 spiro atoms. The first kappa shape index (κ1) is 12.0. The molecule has 0 unspecified atom stereocenters. The summed E-state index contributed by atoms with van der Waals surface area (Å²) in [5.41, 5.74) is 6.51. The first-order chi connectivity index (χ1) is 8.08. The molecule has 17 heavy (non-hydrogen) atoms. The zero-order valence-corrected chi connectivity index (χ0v) is 10.9. The molecule has 0 aliphatic heterocycles. The summed E-state index contributed by atoms with van der Waals surface area (Å²) in [6.07, 6.45) is 1.63. The Hall–Kier alpha value is -1.50. The number of nitrogens with zero attached hydrogens (tertiary/aromatic N) is 4. The Morgan fingerprint density at radius 3 is 2.88 bits per heavy atom. The van der Waals surface area contributed by atoms with Crippen LogP contribution in [0.25, 0.3) is 11.5 Å². The van der Waals surface area contributed by atoms with Crippen LogP contribution in [-0.4, -0.2) is 25.2 Å². The van der Waals surface area contributed by atoms with E-state index in [0.29, 0.717) is 28.3 Å². The highest BCUT2D eigenvalue weighted by Gasteiger charge is 2.15. The molecule has 92 valence electrons.